The summed E-state index contributed by atoms with van der Waals surface area (Å²) in [5, 5.41) is 9.76. The zero-order valence-corrected chi connectivity index (χ0v) is 29.2. The van der Waals surface area contributed by atoms with E-state index in [1.54, 1.807) is 13.0 Å². The van der Waals surface area contributed by atoms with Gasteiger partial charge in [0.1, 0.15) is 23.0 Å². The summed E-state index contributed by atoms with van der Waals surface area (Å²) in [6, 6.07) is 4.31. The summed E-state index contributed by atoms with van der Waals surface area (Å²) < 4.78 is 20.3. The Bertz CT molecular complexity index is 1540. The van der Waals surface area contributed by atoms with Crippen molar-refractivity contribution in [3.63, 3.8) is 0 Å². The Labute approximate surface area is 283 Å². The van der Waals surface area contributed by atoms with Gasteiger partial charge in [-0.15, -0.1) is 0 Å². The van der Waals surface area contributed by atoms with Gasteiger partial charge in [-0.1, -0.05) is 37.1 Å². The molecule has 0 saturated carbocycles. The van der Waals surface area contributed by atoms with Gasteiger partial charge in [-0.3, -0.25) is 14.7 Å². The highest BCUT2D eigenvalue weighted by molar-refractivity contribution is 6.48. The van der Waals surface area contributed by atoms with Crippen molar-refractivity contribution in [2.75, 3.05) is 26.2 Å². The molecule has 3 aliphatic heterocycles. The van der Waals surface area contributed by atoms with E-state index in [4.69, 9.17) is 30.8 Å². The van der Waals surface area contributed by atoms with Crippen molar-refractivity contribution in [3.05, 3.63) is 88.8 Å². The van der Waals surface area contributed by atoms with Crippen LogP contribution in [0.4, 0.5) is 0 Å². The molecule has 0 radical (unpaired) electrons. The van der Waals surface area contributed by atoms with Gasteiger partial charge in [-0.25, -0.2) is 4.98 Å². The van der Waals surface area contributed by atoms with Crippen LogP contribution in [0, 0.1) is 19.8 Å². The lowest BCUT2D eigenvalue weighted by molar-refractivity contribution is -0.147. The second-order valence-electron chi connectivity index (χ2n) is 12.9. The Morgan fingerprint density at radius 2 is 2.00 bits per heavy atom. The molecule has 0 spiro atoms. The Hall–Kier alpha value is -3.60. The maximum atomic E-state index is 11.4. The Balaban J connectivity index is 1.24. The summed E-state index contributed by atoms with van der Waals surface area (Å²) in [6.07, 6.45) is 14.9. The number of pyridine rings is 1. The molecule has 0 amide bonds. The predicted molar refractivity (Wildman–Crippen MR) is 182 cm³/mol. The molecule has 254 valence electrons. The third kappa shape index (κ3) is 8.28. The number of ether oxygens (including phenoxy) is 3. The fourth-order valence-corrected chi connectivity index (χ4v) is 6.56. The summed E-state index contributed by atoms with van der Waals surface area (Å²) >= 11 is 6.64. The summed E-state index contributed by atoms with van der Waals surface area (Å²) in [6.45, 7) is 16.5. The number of aryl methyl sites for hydroxylation is 1. The predicted octanol–water partition coefficient (Wildman–Crippen LogP) is 6.49. The average Bonchev–Trinajstić information content (AvgIpc) is 3.48. The number of hydrogen-bond acceptors (Lipinski definition) is 8. The van der Waals surface area contributed by atoms with Crippen LogP contribution in [-0.2, 0) is 37.9 Å². The van der Waals surface area contributed by atoms with Gasteiger partial charge in [0, 0.05) is 51.1 Å². The van der Waals surface area contributed by atoms with Gasteiger partial charge in [0.2, 0.25) is 0 Å². The summed E-state index contributed by atoms with van der Waals surface area (Å²) in [5.41, 5.74) is 3.40. The monoisotopic (exact) mass is 665 g/mol. The van der Waals surface area contributed by atoms with Gasteiger partial charge in [0.15, 0.2) is 5.76 Å². The van der Waals surface area contributed by atoms with Gasteiger partial charge in [0.25, 0.3) is 5.79 Å². The molecule has 2 aromatic rings. The number of aliphatic carboxylic acids is 1. The zero-order chi connectivity index (χ0) is 33.7. The molecule has 11 heteroatoms. The molecule has 4 atom stereocenters. The van der Waals surface area contributed by atoms with Gasteiger partial charge in [-0.2, -0.15) is 0 Å². The lowest BCUT2D eigenvalue weighted by Crippen LogP contribution is -2.50. The molecule has 3 unspecified atom stereocenters. The maximum absolute atomic E-state index is 11.4. The quantitative estimate of drug-likeness (QED) is 0.241. The first kappa shape index (κ1) is 34.7. The van der Waals surface area contributed by atoms with Crippen molar-refractivity contribution >= 4 is 22.6 Å². The molecule has 47 heavy (non-hydrogen) atoms. The molecular weight excluding hydrogens is 618 g/mol. The van der Waals surface area contributed by atoms with E-state index in [0.29, 0.717) is 35.6 Å². The fourth-order valence-electron chi connectivity index (χ4n) is 6.19. The van der Waals surface area contributed by atoms with E-state index >= 15 is 0 Å². The van der Waals surface area contributed by atoms with Crippen LogP contribution in [0.5, 0.6) is 0 Å². The number of hydrogen-bond donors (Lipinski definition) is 1. The Morgan fingerprint density at radius 1 is 1.21 bits per heavy atom. The van der Waals surface area contributed by atoms with E-state index in [-0.39, 0.29) is 6.10 Å². The number of allylic oxidation sites excluding steroid dienone is 4. The molecule has 0 bridgehead atoms. The molecule has 3 aliphatic rings. The molecule has 2 aromatic heterocycles. The molecule has 1 N–H and O–H groups in total. The van der Waals surface area contributed by atoms with Crippen LogP contribution in [0.15, 0.2) is 60.4 Å². The zero-order valence-electron chi connectivity index (χ0n) is 28.4. The lowest BCUT2D eigenvalue weighted by Gasteiger charge is -2.41. The molecule has 2 fully saturated rings. The molecule has 2 saturated heterocycles. The van der Waals surface area contributed by atoms with Crippen molar-refractivity contribution in [3.8, 4) is 0 Å². The standard InChI is InChI=1S/C36H48ClN5O5/c1-7-10-28-21-40(23-33-39-34(30(37)19-25(3)35(43)44)26(4)42(33)22-29-14-18-45-29)16-17-41(28)15-9-8-11-31-27(5)46-36(6,47-31)32-13-12-24(2)20-38-32/h8-9,11-13,15,19-20,25,28-29H,7,10,14,16-18,21-23H2,1-6H3,(H,43,44)/b11-8-,15-9+,30-19+/t25?,28?,29?,36-/m1/s1. The summed E-state index contributed by atoms with van der Waals surface area (Å²) in [5.74, 6) is -0.210. The second kappa shape index (κ2) is 15.1. The van der Waals surface area contributed by atoms with Crippen LogP contribution in [0.3, 0.4) is 0 Å². The number of piperazine rings is 1. The van der Waals surface area contributed by atoms with Gasteiger partial charge in [-0.05, 0) is 76.6 Å². The van der Waals surface area contributed by atoms with Crippen LogP contribution < -0.4 is 0 Å². The van der Waals surface area contributed by atoms with Crippen LogP contribution in [0.25, 0.3) is 5.03 Å². The number of carboxylic acids is 1. The lowest BCUT2D eigenvalue weighted by atomic mass is 10.1. The SMILES string of the molecule is CCCC1CN(Cc2nc(/C(Cl)=C\C(C)C(=O)O)c(C)n2CC2CCO2)CCN1/C=C/C=C\C1=C(C)O[C@@](C)(c2ccc(C)cn2)O1. The third-order valence-corrected chi connectivity index (χ3v) is 9.41. The van der Waals surface area contributed by atoms with Crippen LogP contribution in [0.1, 0.15) is 75.4 Å². The van der Waals surface area contributed by atoms with Crippen LogP contribution >= 0.6 is 11.6 Å². The van der Waals surface area contributed by atoms with Crippen molar-refractivity contribution in [2.45, 2.75) is 91.8 Å². The van der Waals surface area contributed by atoms with Crippen molar-refractivity contribution in [2.24, 2.45) is 5.92 Å². The molecule has 0 aromatic carbocycles. The van der Waals surface area contributed by atoms with E-state index in [1.165, 1.54) is 0 Å². The number of halogens is 1. The van der Waals surface area contributed by atoms with E-state index < -0.39 is 17.7 Å². The maximum Gasteiger partial charge on any atom is 0.310 e. The number of imidazole rings is 1. The first-order chi connectivity index (χ1) is 22.5. The number of aromatic nitrogens is 3. The minimum absolute atomic E-state index is 0.159. The van der Waals surface area contributed by atoms with E-state index in [9.17, 15) is 9.90 Å². The highest BCUT2D eigenvalue weighted by Crippen LogP contribution is 2.38. The molecular formula is C36H48ClN5O5. The van der Waals surface area contributed by atoms with Gasteiger partial charge in [0.05, 0.1) is 30.1 Å². The topological polar surface area (TPSA) is 102 Å². The van der Waals surface area contributed by atoms with E-state index in [1.807, 2.05) is 58.2 Å². The molecule has 5 rings (SSSR count). The second-order valence-corrected chi connectivity index (χ2v) is 13.3. The molecule has 0 aliphatic carbocycles. The van der Waals surface area contributed by atoms with E-state index in [2.05, 4.69) is 38.6 Å². The van der Waals surface area contributed by atoms with Crippen LogP contribution in [0.2, 0.25) is 0 Å². The molecule has 5 heterocycles. The van der Waals surface area contributed by atoms with Gasteiger partial charge < -0.3 is 28.8 Å². The minimum Gasteiger partial charge on any atom is -0.481 e. The van der Waals surface area contributed by atoms with Crippen molar-refractivity contribution in [1.82, 2.24) is 24.3 Å². The number of carboxylic acid groups (broad SMARTS) is 1. The normalized spacial score (nSPS) is 24.6. The number of rotatable bonds is 13. The van der Waals surface area contributed by atoms with Crippen LogP contribution in [-0.4, -0.2) is 73.8 Å². The average molecular weight is 666 g/mol. The number of carbonyl (C=O) groups is 1. The highest BCUT2D eigenvalue weighted by atomic mass is 35.5. The summed E-state index contributed by atoms with van der Waals surface area (Å²) in [4.78, 5) is 25.8. The first-order valence-corrected chi connectivity index (χ1v) is 17.0. The smallest absolute Gasteiger partial charge is 0.310 e. The van der Waals surface area contributed by atoms with Crippen molar-refractivity contribution < 1.29 is 24.1 Å². The van der Waals surface area contributed by atoms with Crippen molar-refractivity contribution in [1.29, 1.82) is 0 Å². The van der Waals surface area contributed by atoms with Gasteiger partial charge >= 0.3 is 5.97 Å². The number of nitrogens with zero attached hydrogens (tertiary/aromatic N) is 5. The largest absolute Gasteiger partial charge is 0.481 e. The third-order valence-electron chi connectivity index (χ3n) is 9.10. The highest BCUT2D eigenvalue weighted by Gasteiger charge is 2.39. The van der Waals surface area contributed by atoms with E-state index in [0.717, 1.165) is 74.0 Å². The fraction of sp³-hybridized carbons (Fsp3) is 0.528. The summed E-state index contributed by atoms with van der Waals surface area (Å²) in [7, 11) is 0. The minimum atomic E-state index is -0.943. The molecule has 10 nitrogen and oxygen atoms in total. The first-order valence-electron chi connectivity index (χ1n) is 16.6. The Kier molecular flexibility index (Phi) is 11.1. The Morgan fingerprint density at radius 3 is 2.66 bits per heavy atom.